The molecule has 3 nitrogen and oxygen atoms in total. The van der Waals surface area contributed by atoms with Crippen molar-refractivity contribution in [1.29, 1.82) is 0 Å². The number of benzene rings is 2. The first-order valence-corrected chi connectivity index (χ1v) is 8.23. The van der Waals surface area contributed by atoms with E-state index in [0.717, 1.165) is 11.6 Å². The van der Waals surface area contributed by atoms with Crippen molar-refractivity contribution >= 4 is 5.91 Å². The van der Waals surface area contributed by atoms with Gasteiger partial charge < -0.3 is 5.32 Å². The third kappa shape index (κ3) is 2.80. The van der Waals surface area contributed by atoms with E-state index in [4.69, 9.17) is 0 Å². The average molecular weight is 346 g/mol. The first kappa shape index (κ1) is 16.1. The topological polar surface area (TPSA) is 32.3 Å². The number of amides is 1. The summed E-state index contributed by atoms with van der Waals surface area (Å²) >= 11 is 0. The third-order valence-corrected chi connectivity index (χ3v) is 5.01. The second kappa shape index (κ2) is 5.88. The number of halogens is 3. The molecule has 0 radical (unpaired) electrons. The van der Waals surface area contributed by atoms with Gasteiger partial charge in [-0.25, -0.2) is 0 Å². The van der Waals surface area contributed by atoms with Gasteiger partial charge in [-0.1, -0.05) is 36.4 Å². The standard InChI is InChI=1S/C19H17F3N2O/c20-19(21,22)13-6-7-14-15(10-13)16(12-4-2-1-3-5-12)11-24-9-8-23-18(25)17(14)24/h1-7,10,16-17H,8-9,11H2,(H,23,25)/t16-,17-/m0/s1. The number of hydrogen-bond acceptors (Lipinski definition) is 2. The number of fused-ring (bicyclic) bond motifs is 3. The van der Waals surface area contributed by atoms with E-state index in [9.17, 15) is 18.0 Å². The van der Waals surface area contributed by atoms with E-state index in [1.807, 2.05) is 30.3 Å². The molecule has 1 N–H and O–H groups in total. The van der Waals surface area contributed by atoms with Gasteiger partial charge in [0.15, 0.2) is 0 Å². The van der Waals surface area contributed by atoms with Crippen LogP contribution in [0.2, 0.25) is 0 Å². The summed E-state index contributed by atoms with van der Waals surface area (Å²) in [6.45, 7) is 1.80. The molecule has 1 amide bonds. The molecule has 0 unspecified atom stereocenters. The lowest BCUT2D eigenvalue weighted by Crippen LogP contribution is -2.53. The van der Waals surface area contributed by atoms with Crippen molar-refractivity contribution in [2.75, 3.05) is 19.6 Å². The maximum Gasteiger partial charge on any atom is 0.416 e. The number of nitrogens with zero attached hydrogens (tertiary/aromatic N) is 1. The molecule has 1 fully saturated rings. The third-order valence-electron chi connectivity index (χ3n) is 5.01. The Kier molecular flexibility index (Phi) is 3.80. The average Bonchev–Trinajstić information content (AvgIpc) is 2.60. The summed E-state index contributed by atoms with van der Waals surface area (Å²) in [6.07, 6.45) is -4.40. The van der Waals surface area contributed by atoms with Gasteiger partial charge in [-0.3, -0.25) is 9.69 Å². The van der Waals surface area contributed by atoms with Crippen molar-refractivity contribution in [1.82, 2.24) is 10.2 Å². The minimum absolute atomic E-state index is 0.140. The molecule has 2 aliphatic rings. The number of rotatable bonds is 1. The fourth-order valence-electron chi connectivity index (χ4n) is 3.85. The molecule has 0 aromatic heterocycles. The van der Waals surface area contributed by atoms with Crippen LogP contribution in [0.1, 0.15) is 34.2 Å². The quantitative estimate of drug-likeness (QED) is 0.859. The molecule has 2 aromatic rings. The highest BCUT2D eigenvalue weighted by molar-refractivity contribution is 5.85. The minimum Gasteiger partial charge on any atom is -0.353 e. The lowest BCUT2D eigenvalue weighted by molar-refractivity contribution is -0.137. The van der Waals surface area contributed by atoms with Crippen LogP contribution in [0.15, 0.2) is 48.5 Å². The van der Waals surface area contributed by atoms with E-state index in [1.165, 1.54) is 12.1 Å². The van der Waals surface area contributed by atoms with Crippen molar-refractivity contribution in [3.63, 3.8) is 0 Å². The molecule has 130 valence electrons. The molecule has 25 heavy (non-hydrogen) atoms. The van der Waals surface area contributed by atoms with Crippen LogP contribution in [-0.2, 0) is 11.0 Å². The molecule has 4 rings (SSSR count). The smallest absolute Gasteiger partial charge is 0.353 e. The van der Waals surface area contributed by atoms with E-state index < -0.39 is 17.8 Å². The molecule has 6 heteroatoms. The van der Waals surface area contributed by atoms with Gasteiger partial charge >= 0.3 is 6.18 Å². The van der Waals surface area contributed by atoms with Gasteiger partial charge in [0.25, 0.3) is 0 Å². The van der Waals surface area contributed by atoms with Gasteiger partial charge in [0.1, 0.15) is 6.04 Å². The van der Waals surface area contributed by atoms with Crippen LogP contribution in [-0.4, -0.2) is 30.4 Å². The van der Waals surface area contributed by atoms with Gasteiger partial charge in [0.2, 0.25) is 5.91 Å². The normalized spacial score (nSPS) is 23.6. The van der Waals surface area contributed by atoms with Crippen LogP contribution >= 0.6 is 0 Å². The van der Waals surface area contributed by atoms with Gasteiger partial charge in [0, 0.05) is 25.6 Å². The van der Waals surface area contributed by atoms with E-state index in [1.54, 1.807) is 0 Å². The second-order valence-corrected chi connectivity index (χ2v) is 6.49. The highest BCUT2D eigenvalue weighted by Gasteiger charge is 2.41. The van der Waals surface area contributed by atoms with Crippen LogP contribution in [0.25, 0.3) is 0 Å². The highest BCUT2D eigenvalue weighted by atomic mass is 19.4. The zero-order valence-corrected chi connectivity index (χ0v) is 13.4. The largest absolute Gasteiger partial charge is 0.416 e. The Morgan fingerprint density at radius 1 is 1.04 bits per heavy atom. The Bertz CT molecular complexity index is 804. The Morgan fingerprint density at radius 2 is 1.80 bits per heavy atom. The Labute approximate surface area is 143 Å². The van der Waals surface area contributed by atoms with Crippen LogP contribution in [0.3, 0.4) is 0 Å². The van der Waals surface area contributed by atoms with Crippen molar-refractivity contribution in [3.05, 3.63) is 70.8 Å². The lowest BCUT2D eigenvalue weighted by Gasteiger charge is -2.43. The van der Waals surface area contributed by atoms with Gasteiger partial charge in [-0.15, -0.1) is 0 Å². The molecule has 0 saturated carbocycles. The SMILES string of the molecule is O=C1NCCN2C[C@@H](c3ccccc3)c3cc(C(F)(F)F)ccc3[C@@H]12. The summed E-state index contributed by atoms with van der Waals surface area (Å²) in [5, 5.41) is 2.82. The number of carbonyl (C=O) groups excluding carboxylic acids is 1. The first-order valence-electron chi connectivity index (χ1n) is 8.23. The number of hydrogen-bond donors (Lipinski definition) is 1. The monoisotopic (exact) mass is 346 g/mol. The predicted octanol–water partition coefficient (Wildman–Crippen LogP) is 3.32. The van der Waals surface area contributed by atoms with Gasteiger partial charge in [-0.05, 0) is 28.8 Å². The fraction of sp³-hybridized carbons (Fsp3) is 0.316. The second-order valence-electron chi connectivity index (χ2n) is 6.49. The number of alkyl halides is 3. The maximum atomic E-state index is 13.2. The molecule has 1 saturated heterocycles. The van der Waals surface area contributed by atoms with Crippen LogP contribution < -0.4 is 5.32 Å². The van der Waals surface area contributed by atoms with Crippen molar-refractivity contribution in [3.8, 4) is 0 Å². The van der Waals surface area contributed by atoms with E-state index in [-0.39, 0.29) is 11.8 Å². The molecule has 0 bridgehead atoms. The first-order chi connectivity index (χ1) is 11.9. The molecule has 2 aliphatic heterocycles. The summed E-state index contributed by atoms with van der Waals surface area (Å²) in [7, 11) is 0. The maximum absolute atomic E-state index is 13.2. The summed E-state index contributed by atoms with van der Waals surface area (Å²) in [5.41, 5.74) is 1.56. The molecular weight excluding hydrogens is 329 g/mol. The summed E-state index contributed by atoms with van der Waals surface area (Å²) < 4.78 is 39.6. The molecular formula is C19H17F3N2O. The predicted molar refractivity (Wildman–Crippen MR) is 87.1 cm³/mol. The summed E-state index contributed by atoms with van der Waals surface area (Å²) in [5.74, 6) is -0.320. The molecule has 2 atom stereocenters. The summed E-state index contributed by atoms with van der Waals surface area (Å²) in [4.78, 5) is 14.4. The molecule has 2 heterocycles. The van der Waals surface area contributed by atoms with Crippen LogP contribution in [0.5, 0.6) is 0 Å². The summed E-state index contributed by atoms with van der Waals surface area (Å²) in [6, 6.07) is 12.8. The van der Waals surface area contributed by atoms with E-state index in [0.29, 0.717) is 30.8 Å². The van der Waals surface area contributed by atoms with Gasteiger partial charge in [0.05, 0.1) is 5.56 Å². The fourth-order valence-corrected chi connectivity index (χ4v) is 3.85. The lowest BCUT2D eigenvalue weighted by atomic mass is 9.79. The van der Waals surface area contributed by atoms with Gasteiger partial charge in [-0.2, -0.15) is 13.2 Å². The Balaban J connectivity index is 1.88. The van der Waals surface area contributed by atoms with Crippen LogP contribution in [0.4, 0.5) is 13.2 Å². The highest BCUT2D eigenvalue weighted by Crippen LogP contribution is 2.42. The zero-order chi connectivity index (χ0) is 17.6. The Morgan fingerprint density at radius 3 is 2.52 bits per heavy atom. The number of nitrogens with one attached hydrogen (secondary N) is 1. The Hall–Kier alpha value is -2.34. The molecule has 0 spiro atoms. The zero-order valence-electron chi connectivity index (χ0n) is 13.4. The van der Waals surface area contributed by atoms with Crippen LogP contribution in [0, 0.1) is 0 Å². The van der Waals surface area contributed by atoms with Crippen molar-refractivity contribution < 1.29 is 18.0 Å². The molecule has 0 aliphatic carbocycles. The molecule has 2 aromatic carbocycles. The minimum atomic E-state index is -4.40. The van der Waals surface area contributed by atoms with Crippen molar-refractivity contribution in [2.24, 2.45) is 0 Å². The number of carbonyl (C=O) groups is 1. The van der Waals surface area contributed by atoms with E-state index in [2.05, 4.69) is 10.2 Å². The number of piperazine rings is 1. The van der Waals surface area contributed by atoms with E-state index >= 15 is 0 Å². The van der Waals surface area contributed by atoms with Crippen molar-refractivity contribution in [2.45, 2.75) is 18.1 Å².